The highest BCUT2D eigenvalue weighted by Gasteiger charge is 2.24. The van der Waals surface area contributed by atoms with Gasteiger partial charge < -0.3 is 10.6 Å². The first-order valence-electron chi connectivity index (χ1n) is 8.22. The molecule has 1 aliphatic heterocycles. The lowest BCUT2D eigenvalue weighted by Crippen LogP contribution is -2.40. The summed E-state index contributed by atoms with van der Waals surface area (Å²) in [6, 6.07) is 5.95. The fourth-order valence-electron chi connectivity index (χ4n) is 2.92. The highest BCUT2D eigenvalue weighted by molar-refractivity contribution is 5.74. The summed E-state index contributed by atoms with van der Waals surface area (Å²) < 4.78 is 1.85. The number of aryl methyl sites for hydroxylation is 2. The molecule has 2 N–H and O–H groups in total. The van der Waals surface area contributed by atoms with E-state index in [1.165, 1.54) is 12.1 Å². The summed E-state index contributed by atoms with van der Waals surface area (Å²) in [7, 11) is 0. The number of nitro groups is 1. The van der Waals surface area contributed by atoms with E-state index in [2.05, 4.69) is 20.7 Å². The minimum absolute atomic E-state index is 0.0613. The molecule has 0 saturated heterocycles. The first-order chi connectivity index (χ1) is 12.0. The molecule has 1 aliphatic rings. The number of hydrogen-bond donors (Lipinski definition) is 2. The van der Waals surface area contributed by atoms with Crippen molar-refractivity contribution in [3.63, 3.8) is 0 Å². The van der Waals surface area contributed by atoms with Crippen LogP contribution in [0, 0.1) is 17.0 Å². The van der Waals surface area contributed by atoms with Crippen LogP contribution in [-0.2, 0) is 13.0 Å². The van der Waals surface area contributed by atoms with Crippen molar-refractivity contribution >= 4 is 11.7 Å². The largest absolute Gasteiger partial charge is 0.338 e. The standard InChI is InChI=1S/C16H20N6O3/c1-11-18-15-14(3-2-10-21(15)20-11)19-16(23)17-9-8-12-4-6-13(7-5-12)22(24)25/h4-7,14H,2-3,8-10H2,1H3,(H2,17,19,23)/t14-/m0/s1. The van der Waals surface area contributed by atoms with Crippen LogP contribution in [0.15, 0.2) is 24.3 Å². The summed E-state index contributed by atoms with van der Waals surface area (Å²) in [5.41, 5.74) is 0.991. The van der Waals surface area contributed by atoms with Gasteiger partial charge in [0.15, 0.2) is 0 Å². The van der Waals surface area contributed by atoms with Gasteiger partial charge in [-0.3, -0.25) is 10.1 Å². The van der Waals surface area contributed by atoms with E-state index < -0.39 is 4.92 Å². The number of nitrogens with zero attached hydrogens (tertiary/aromatic N) is 4. The van der Waals surface area contributed by atoms with Crippen LogP contribution in [-0.4, -0.2) is 32.3 Å². The van der Waals surface area contributed by atoms with Crippen molar-refractivity contribution in [2.45, 2.75) is 38.8 Å². The molecule has 0 aliphatic carbocycles. The Balaban J connectivity index is 1.48. The Morgan fingerprint density at radius 2 is 2.16 bits per heavy atom. The van der Waals surface area contributed by atoms with Crippen LogP contribution >= 0.6 is 0 Å². The number of non-ortho nitro benzene ring substituents is 1. The van der Waals surface area contributed by atoms with Gasteiger partial charge in [-0.05, 0) is 31.7 Å². The number of hydrogen-bond acceptors (Lipinski definition) is 5. The van der Waals surface area contributed by atoms with Gasteiger partial charge in [0.25, 0.3) is 5.69 Å². The first-order valence-corrected chi connectivity index (χ1v) is 8.22. The molecule has 0 spiro atoms. The normalized spacial score (nSPS) is 16.1. The number of nitro benzene ring substituents is 1. The maximum atomic E-state index is 12.1. The molecular formula is C16H20N6O3. The number of nitrogens with one attached hydrogen (secondary N) is 2. The zero-order valence-corrected chi connectivity index (χ0v) is 13.9. The molecule has 1 aromatic heterocycles. The number of aromatic nitrogens is 3. The molecule has 2 amide bonds. The molecule has 25 heavy (non-hydrogen) atoms. The molecule has 1 atom stereocenters. The Kier molecular flexibility index (Phi) is 4.92. The van der Waals surface area contributed by atoms with Crippen LogP contribution in [0.5, 0.6) is 0 Å². The van der Waals surface area contributed by atoms with Gasteiger partial charge in [0.05, 0.1) is 11.0 Å². The second-order valence-electron chi connectivity index (χ2n) is 6.01. The second kappa shape index (κ2) is 7.29. The van der Waals surface area contributed by atoms with E-state index in [0.29, 0.717) is 18.8 Å². The Morgan fingerprint density at radius 3 is 2.88 bits per heavy atom. The number of amides is 2. The van der Waals surface area contributed by atoms with Gasteiger partial charge in [0.1, 0.15) is 11.6 Å². The fraction of sp³-hybridized carbons (Fsp3) is 0.438. The van der Waals surface area contributed by atoms with Crippen LogP contribution in [0.3, 0.4) is 0 Å². The summed E-state index contributed by atoms with van der Waals surface area (Å²) in [6.07, 6.45) is 2.39. The van der Waals surface area contributed by atoms with Crippen molar-refractivity contribution in [3.05, 3.63) is 51.6 Å². The fourth-order valence-corrected chi connectivity index (χ4v) is 2.92. The van der Waals surface area contributed by atoms with E-state index >= 15 is 0 Å². The average molecular weight is 344 g/mol. The predicted octanol–water partition coefficient (Wildman–Crippen LogP) is 1.87. The molecule has 3 rings (SSSR count). The molecule has 0 bridgehead atoms. The number of urea groups is 1. The molecule has 132 valence electrons. The lowest BCUT2D eigenvalue weighted by molar-refractivity contribution is -0.384. The topological polar surface area (TPSA) is 115 Å². The summed E-state index contributed by atoms with van der Waals surface area (Å²) in [5, 5.41) is 20.7. The zero-order valence-electron chi connectivity index (χ0n) is 13.9. The van der Waals surface area contributed by atoms with Crippen molar-refractivity contribution in [1.29, 1.82) is 0 Å². The minimum Gasteiger partial charge on any atom is -0.338 e. The van der Waals surface area contributed by atoms with Crippen LogP contribution < -0.4 is 10.6 Å². The number of rotatable bonds is 5. The average Bonchev–Trinajstić information content (AvgIpc) is 2.97. The third kappa shape index (κ3) is 4.11. The number of carbonyl (C=O) groups is 1. The highest BCUT2D eigenvalue weighted by atomic mass is 16.6. The quantitative estimate of drug-likeness (QED) is 0.635. The van der Waals surface area contributed by atoms with E-state index in [1.54, 1.807) is 12.1 Å². The SMILES string of the molecule is Cc1nc2n(n1)CCC[C@@H]2NC(=O)NCCc1ccc([N+](=O)[O-])cc1. The first kappa shape index (κ1) is 16.9. The molecule has 0 fully saturated rings. The maximum Gasteiger partial charge on any atom is 0.315 e. The minimum atomic E-state index is -0.430. The van der Waals surface area contributed by atoms with Crippen molar-refractivity contribution in [2.75, 3.05) is 6.54 Å². The summed E-state index contributed by atoms with van der Waals surface area (Å²) >= 11 is 0. The Morgan fingerprint density at radius 1 is 1.40 bits per heavy atom. The van der Waals surface area contributed by atoms with E-state index in [4.69, 9.17) is 0 Å². The van der Waals surface area contributed by atoms with Gasteiger partial charge in [0, 0.05) is 25.2 Å². The van der Waals surface area contributed by atoms with E-state index in [-0.39, 0.29) is 17.8 Å². The van der Waals surface area contributed by atoms with Gasteiger partial charge in [-0.2, -0.15) is 5.10 Å². The lowest BCUT2D eigenvalue weighted by Gasteiger charge is -2.23. The van der Waals surface area contributed by atoms with Crippen molar-refractivity contribution in [2.24, 2.45) is 0 Å². The van der Waals surface area contributed by atoms with E-state index in [0.717, 1.165) is 30.8 Å². The van der Waals surface area contributed by atoms with Crippen LogP contribution in [0.1, 0.15) is 36.1 Å². The number of benzene rings is 1. The third-order valence-electron chi connectivity index (χ3n) is 4.13. The molecule has 1 aromatic carbocycles. The Bertz CT molecular complexity index is 771. The number of fused-ring (bicyclic) bond motifs is 1. The molecule has 9 heteroatoms. The maximum absolute atomic E-state index is 12.1. The molecule has 0 unspecified atom stereocenters. The summed E-state index contributed by atoms with van der Waals surface area (Å²) in [6.45, 7) is 3.12. The highest BCUT2D eigenvalue weighted by Crippen LogP contribution is 2.22. The molecule has 2 aromatic rings. The van der Waals surface area contributed by atoms with E-state index in [9.17, 15) is 14.9 Å². The molecular weight excluding hydrogens is 324 g/mol. The van der Waals surface area contributed by atoms with Crippen LogP contribution in [0.25, 0.3) is 0 Å². The van der Waals surface area contributed by atoms with Crippen LogP contribution in [0.4, 0.5) is 10.5 Å². The molecule has 0 saturated carbocycles. The summed E-state index contributed by atoms with van der Waals surface area (Å²) in [4.78, 5) is 26.7. The van der Waals surface area contributed by atoms with Gasteiger partial charge >= 0.3 is 6.03 Å². The van der Waals surface area contributed by atoms with Gasteiger partial charge in [0.2, 0.25) is 0 Å². The van der Waals surface area contributed by atoms with E-state index in [1.807, 2.05) is 11.6 Å². The number of carbonyl (C=O) groups excluding carboxylic acids is 1. The molecule has 9 nitrogen and oxygen atoms in total. The Hall–Kier alpha value is -2.97. The third-order valence-corrected chi connectivity index (χ3v) is 4.13. The molecule has 2 heterocycles. The zero-order chi connectivity index (χ0) is 17.8. The second-order valence-corrected chi connectivity index (χ2v) is 6.01. The smallest absolute Gasteiger partial charge is 0.315 e. The summed E-state index contributed by atoms with van der Waals surface area (Å²) in [5.74, 6) is 1.51. The van der Waals surface area contributed by atoms with Gasteiger partial charge in [-0.15, -0.1) is 0 Å². The predicted molar refractivity (Wildman–Crippen MR) is 90.1 cm³/mol. The monoisotopic (exact) mass is 344 g/mol. The van der Waals surface area contributed by atoms with Crippen molar-refractivity contribution in [3.8, 4) is 0 Å². The van der Waals surface area contributed by atoms with Crippen molar-refractivity contribution in [1.82, 2.24) is 25.4 Å². The Labute approximate surface area is 144 Å². The molecule has 0 radical (unpaired) electrons. The van der Waals surface area contributed by atoms with Gasteiger partial charge in [-0.1, -0.05) is 12.1 Å². The lowest BCUT2D eigenvalue weighted by atomic mass is 10.1. The van der Waals surface area contributed by atoms with Crippen LogP contribution in [0.2, 0.25) is 0 Å². The van der Waals surface area contributed by atoms with Crippen molar-refractivity contribution < 1.29 is 9.72 Å². The van der Waals surface area contributed by atoms with Gasteiger partial charge in [-0.25, -0.2) is 14.5 Å².